The fourth-order valence-corrected chi connectivity index (χ4v) is 2.00. The zero-order chi connectivity index (χ0) is 13.8. The maximum Gasteiger partial charge on any atom is 0.191 e. The number of nitrogens with two attached hydrogens (primary N) is 1. The summed E-state index contributed by atoms with van der Waals surface area (Å²) in [5, 5.41) is 0. The van der Waals surface area contributed by atoms with Gasteiger partial charge in [0.05, 0.1) is 20.8 Å². The standard InChI is InChI=1S/C14H21N3O2.HI/c1-17(11-7-8-11)14(15)16-9-10-5-4-6-12(18-2)13(10)19-3;/h4-6,11H,7-9H2,1-3H3,(H2,15,16);1H. The Morgan fingerprint density at radius 3 is 2.60 bits per heavy atom. The summed E-state index contributed by atoms with van der Waals surface area (Å²) in [6.07, 6.45) is 2.41. The molecule has 1 saturated carbocycles. The number of para-hydroxylation sites is 1. The first-order valence-electron chi connectivity index (χ1n) is 6.40. The quantitative estimate of drug-likeness (QED) is 0.475. The molecule has 0 atom stereocenters. The minimum Gasteiger partial charge on any atom is -0.493 e. The van der Waals surface area contributed by atoms with Crippen LogP contribution in [0, 0.1) is 0 Å². The minimum absolute atomic E-state index is 0. The second-order valence-corrected chi connectivity index (χ2v) is 4.67. The molecule has 1 aromatic carbocycles. The lowest BCUT2D eigenvalue weighted by atomic mass is 10.2. The van der Waals surface area contributed by atoms with E-state index in [0.717, 1.165) is 11.3 Å². The molecule has 0 radical (unpaired) electrons. The van der Waals surface area contributed by atoms with Crippen molar-refractivity contribution >= 4 is 29.9 Å². The van der Waals surface area contributed by atoms with E-state index in [0.29, 0.717) is 24.3 Å². The van der Waals surface area contributed by atoms with Crippen molar-refractivity contribution in [2.24, 2.45) is 10.7 Å². The second-order valence-electron chi connectivity index (χ2n) is 4.67. The molecule has 5 nitrogen and oxygen atoms in total. The molecule has 2 N–H and O–H groups in total. The molecule has 0 aromatic heterocycles. The second kappa shape index (κ2) is 7.56. The highest BCUT2D eigenvalue weighted by atomic mass is 127. The molecule has 1 aliphatic carbocycles. The van der Waals surface area contributed by atoms with E-state index in [9.17, 15) is 0 Å². The highest BCUT2D eigenvalue weighted by Crippen LogP contribution is 2.31. The molecule has 6 heteroatoms. The van der Waals surface area contributed by atoms with E-state index in [1.54, 1.807) is 14.2 Å². The fourth-order valence-electron chi connectivity index (χ4n) is 2.00. The van der Waals surface area contributed by atoms with E-state index >= 15 is 0 Å². The first-order chi connectivity index (χ1) is 9.17. The van der Waals surface area contributed by atoms with Gasteiger partial charge < -0.3 is 20.1 Å². The SMILES string of the molecule is COc1cccc(CN=C(N)N(C)C2CC2)c1OC.I. The number of methoxy groups -OCH3 is 2. The van der Waals surface area contributed by atoms with Crippen molar-refractivity contribution in [1.82, 2.24) is 4.90 Å². The maximum absolute atomic E-state index is 5.97. The Labute approximate surface area is 137 Å². The normalized spacial score (nSPS) is 14.4. The molecule has 0 saturated heterocycles. The molecule has 0 heterocycles. The van der Waals surface area contributed by atoms with Crippen LogP contribution in [0.4, 0.5) is 0 Å². The Morgan fingerprint density at radius 2 is 2.05 bits per heavy atom. The molecule has 20 heavy (non-hydrogen) atoms. The van der Waals surface area contributed by atoms with E-state index in [4.69, 9.17) is 15.2 Å². The lowest BCUT2D eigenvalue weighted by Crippen LogP contribution is -2.35. The van der Waals surface area contributed by atoms with Gasteiger partial charge in [-0.3, -0.25) is 0 Å². The van der Waals surface area contributed by atoms with Crippen molar-refractivity contribution in [2.45, 2.75) is 25.4 Å². The average molecular weight is 391 g/mol. The lowest BCUT2D eigenvalue weighted by Gasteiger charge is -2.17. The van der Waals surface area contributed by atoms with Crippen LogP contribution < -0.4 is 15.2 Å². The van der Waals surface area contributed by atoms with Gasteiger partial charge in [0.1, 0.15) is 0 Å². The van der Waals surface area contributed by atoms with Gasteiger partial charge in [-0.1, -0.05) is 12.1 Å². The van der Waals surface area contributed by atoms with Crippen molar-refractivity contribution in [3.63, 3.8) is 0 Å². The van der Waals surface area contributed by atoms with Crippen LogP contribution in [0.3, 0.4) is 0 Å². The summed E-state index contributed by atoms with van der Waals surface area (Å²) >= 11 is 0. The van der Waals surface area contributed by atoms with Crippen LogP contribution in [-0.2, 0) is 6.54 Å². The molecule has 0 bridgehead atoms. The van der Waals surface area contributed by atoms with Gasteiger partial charge >= 0.3 is 0 Å². The Morgan fingerprint density at radius 1 is 1.35 bits per heavy atom. The molecule has 2 rings (SSSR count). The van der Waals surface area contributed by atoms with Crippen LogP contribution in [-0.4, -0.2) is 38.2 Å². The number of guanidine groups is 1. The largest absolute Gasteiger partial charge is 0.493 e. The topological polar surface area (TPSA) is 60.1 Å². The van der Waals surface area contributed by atoms with Gasteiger partial charge in [0.15, 0.2) is 17.5 Å². The van der Waals surface area contributed by atoms with E-state index in [-0.39, 0.29) is 24.0 Å². The number of halogens is 1. The van der Waals surface area contributed by atoms with Crippen molar-refractivity contribution in [3.8, 4) is 11.5 Å². The van der Waals surface area contributed by atoms with Crippen LogP contribution in [0.2, 0.25) is 0 Å². The van der Waals surface area contributed by atoms with Crippen molar-refractivity contribution < 1.29 is 9.47 Å². The van der Waals surface area contributed by atoms with Gasteiger partial charge in [0.2, 0.25) is 0 Å². The van der Waals surface area contributed by atoms with Gasteiger partial charge in [-0.05, 0) is 18.9 Å². The molecule has 112 valence electrons. The first kappa shape index (κ1) is 16.9. The van der Waals surface area contributed by atoms with Crippen LogP contribution >= 0.6 is 24.0 Å². The molecular weight excluding hydrogens is 369 g/mol. The number of rotatable bonds is 5. The van der Waals surface area contributed by atoms with E-state index in [1.807, 2.05) is 30.1 Å². The van der Waals surface area contributed by atoms with E-state index in [2.05, 4.69) is 4.99 Å². The monoisotopic (exact) mass is 391 g/mol. The highest BCUT2D eigenvalue weighted by molar-refractivity contribution is 14.0. The summed E-state index contributed by atoms with van der Waals surface area (Å²) in [6.45, 7) is 0.489. The van der Waals surface area contributed by atoms with Gasteiger partial charge in [0, 0.05) is 18.7 Å². The summed E-state index contributed by atoms with van der Waals surface area (Å²) in [5.41, 5.74) is 6.94. The Hall–Kier alpha value is -1.18. The minimum atomic E-state index is 0. The third-order valence-corrected chi connectivity index (χ3v) is 3.35. The van der Waals surface area contributed by atoms with Gasteiger partial charge in [0.25, 0.3) is 0 Å². The van der Waals surface area contributed by atoms with E-state index < -0.39 is 0 Å². The third-order valence-electron chi connectivity index (χ3n) is 3.35. The molecule has 0 unspecified atom stereocenters. The van der Waals surface area contributed by atoms with Crippen molar-refractivity contribution in [2.75, 3.05) is 21.3 Å². The molecule has 0 amide bonds. The molecule has 1 aliphatic rings. The number of hydrogen-bond acceptors (Lipinski definition) is 3. The number of ether oxygens (including phenoxy) is 2. The maximum atomic E-state index is 5.97. The number of benzene rings is 1. The zero-order valence-electron chi connectivity index (χ0n) is 12.1. The molecular formula is C14H22IN3O2. The zero-order valence-corrected chi connectivity index (χ0v) is 14.5. The predicted octanol–water partition coefficient (Wildman–Crippen LogP) is 2.23. The summed E-state index contributed by atoms with van der Waals surface area (Å²) in [4.78, 5) is 6.46. The summed E-state index contributed by atoms with van der Waals surface area (Å²) < 4.78 is 10.6. The summed E-state index contributed by atoms with van der Waals surface area (Å²) in [6, 6.07) is 6.32. The van der Waals surface area contributed by atoms with Crippen LogP contribution in [0.5, 0.6) is 11.5 Å². The number of hydrogen-bond donors (Lipinski definition) is 1. The molecule has 0 aliphatic heterocycles. The van der Waals surface area contributed by atoms with Crippen LogP contribution in [0.25, 0.3) is 0 Å². The molecule has 1 aromatic rings. The number of aliphatic imine (C=N–C) groups is 1. The third kappa shape index (κ3) is 3.91. The van der Waals surface area contributed by atoms with Gasteiger partial charge in [-0.2, -0.15) is 0 Å². The van der Waals surface area contributed by atoms with Crippen LogP contribution in [0.1, 0.15) is 18.4 Å². The van der Waals surface area contributed by atoms with Crippen LogP contribution in [0.15, 0.2) is 23.2 Å². The Balaban J connectivity index is 0.00000200. The first-order valence-corrected chi connectivity index (χ1v) is 6.40. The molecule has 0 spiro atoms. The average Bonchev–Trinajstić information content (AvgIpc) is 3.27. The molecule has 1 fully saturated rings. The summed E-state index contributed by atoms with van der Waals surface area (Å²) in [7, 11) is 5.24. The lowest BCUT2D eigenvalue weighted by molar-refractivity contribution is 0.351. The Kier molecular flexibility index (Phi) is 6.38. The van der Waals surface area contributed by atoms with E-state index in [1.165, 1.54) is 12.8 Å². The fraction of sp³-hybridized carbons (Fsp3) is 0.500. The van der Waals surface area contributed by atoms with Gasteiger partial charge in [-0.25, -0.2) is 4.99 Å². The highest BCUT2D eigenvalue weighted by Gasteiger charge is 2.27. The van der Waals surface area contributed by atoms with Gasteiger partial charge in [-0.15, -0.1) is 24.0 Å². The summed E-state index contributed by atoms with van der Waals surface area (Å²) in [5.74, 6) is 2.01. The smallest absolute Gasteiger partial charge is 0.191 e. The van der Waals surface area contributed by atoms with Crippen molar-refractivity contribution in [3.05, 3.63) is 23.8 Å². The number of nitrogens with zero attached hydrogens (tertiary/aromatic N) is 2. The van der Waals surface area contributed by atoms with Crippen molar-refractivity contribution in [1.29, 1.82) is 0 Å². The predicted molar refractivity (Wildman–Crippen MR) is 91.1 cm³/mol. The Bertz CT molecular complexity index is 475.